The summed E-state index contributed by atoms with van der Waals surface area (Å²) in [5, 5.41) is 10.5. The van der Waals surface area contributed by atoms with Gasteiger partial charge in [0.2, 0.25) is 0 Å². The summed E-state index contributed by atoms with van der Waals surface area (Å²) in [6, 6.07) is 0. The first kappa shape index (κ1) is 78.1. The SMILES string of the molecule is CCC(C)CCCCCCCCC(=O)OC[C@H](COP(=O)(O)OC[C@H](O)COP(=O)(O)OC[C@@H](COC(=O)CCCCCCCCCCCC(C)C)OC(=O)CCCCCCCCC(C)C)OC(=O)CCCCCCCCC(C)C. The number of hydrogen-bond acceptors (Lipinski definition) is 15. The summed E-state index contributed by atoms with van der Waals surface area (Å²) in [4.78, 5) is 72.0. The molecule has 0 rings (SSSR count). The molecule has 17 nitrogen and oxygen atoms in total. The Balaban J connectivity index is 5.23. The Morgan fingerprint density at radius 1 is 0.350 bits per heavy atom. The number of aliphatic hydroxyl groups is 1. The lowest BCUT2D eigenvalue weighted by Crippen LogP contribution is -2.30. The molecule has 0 fully saturated rings. The topological polar surface area (TPSA) is 237 Å². The molecule has 0 radical (unpaired) electrons. The Labute approximate surface area is 486 Å². The zero-order chi connectivity index (χ0) is 59.7. The van der Waals surface area contributed by atoms with Crippen LogP contribution in [0.15, 0.2) is 0 Å². The van der Waals surface area contributed by atoms with Gasteiger partial charge in [0, 0.05) is 25.7 Å². The van der Waals surface area contributed by atoms with Crippen LogP contribution in [0, 0.1) is 23.7 Å². The summed E-state index contributed by atoms with van der Waals surface area (Å²) in [7, 11) is -9.88. The van der Waals surface area contributed by atoms with Gasteiger partial charge in [-0.1, -0.05) is 235 Å². The second-order valence-electron chi connectivity index (χ2n) is 23.8. The van der Waals surface area contributed by atoms with E-state index in [0.29, 0.717) is 37.5 Å². The zero-order valence-electron chi connectivity index (χ0n) is 51.7. The summed E-state index contributed by atoms with van der Waals surface area (Å²) in [6.07, 6.45) is 29.7. The number of rotatable bonds is 58. The number of unbranched alkanes of at least 4 members (excludes halogenated alkanes) is 23. The van der Waals surface area contributed by atoms with Gasteiger partial charge < -0.3 is 33.8 Å². The second-order valence-corrected chi connectivity index (χ2v) is 26.7. The highest BCUT2D eigenvalue weighted by molar-refractivity contribution is 7.47. The fraction of sp³-hybridized carbons (Fsp3) is 0.934. The highest BCUT2D eigenvalue weighted by Crippen LogP contribution is 2.45. The highest BCUT2D eigenvalue weighted by atomic mass is 31.2. The van der Waals surface area contributed by atoms with E-state index in [1.807, 2.05) is 0 Å². The predicted molar refractivity (Wildman–Crippen MR) is 317 cm³/mol. The van der Waals surface area contributed by atoms with Gasteiger partial charge in [-0.05, 0) is 49.4 Å². The molecular weight excluding hydrogens is 1070 g/mol. The first-order valence-electron chi connectivity index (χ1n) is 31.7. The van der Waals surface area contributed by atoms with Gasteiger partial charge in [-0.3, -0.25) is 37.3 Å². The fourth-order valence-corrected chi connectivity index (χ4v) is 10.4. The molecule has 0 bridgehead atoms. The van der Waals surface area contributed by atoms with E-state index in [-0.39, 0.29) is 25.7 Å². The van der Waals surface area contributed by atoms with Crippen LogP contribution >= 0.6 is 15.6 Å². The van der Waals surface area contributed by atoms with Crippen LogP contribution in [0.25, 0.3) is 0 Å². The Kier molecular flexibility index (Phi) is 50.2. The molecule has 0 saturated heterocycles. The van der Waals surface area contributed by atoms with E-state index >= 15 is 0 Å². The molecule has 3 unspecified atom stereocenters. The zero-order valence-corrected chi connectivity index (χ0v) is 53.5. The molecule has 0 saturated carbocycles. The minimum atomic E-state index is -4.94. The quantitative estimate of drug-likeness (QED) is 0.0222. The van der Waals surface area contributed by atoms with Gasteiger partial charge in [0.25, 0.3) is 0 Å². The van der Waals surface area contributed by atoms with Crippen molar-refractivity contribution >= 4 is 39.5 Å². The maximum absolute atomic E-state index is 12.9. The summed E-state index contributed by atoms with van der Waals surface area (Å²) in [5.74, 6) is 0.662. The van der Waals surface area contributed by atoms with E-state index in [1.165, 1.54) is 83.5 Å². The van der Waals surface area contributed by atoms with Gasteiger partial charge in [0.1, 0.15) is 19.3 Å². The lowest BCUT2D eigenvalue weighted by atomic mass is 10.00. The van der Waals surface area contributed by atoms with E-state index in [1.54, 1.807) is 0 Å². The molecule has 0 aromatic heterocycles. The first-order chi connectivity index (χ1) is 38.1. The molecule has 80 heavy (non-hydrogen) atoms. The van der Waals surface area contributed by atoms with Crippen LogP contribution in [0.5, 0.6) is 0 Å². The minimum Gasteiger partial charge on any atom is -0.462 e. The predicted octanol–water partition coefficient (Wildman–Crippen LogP) is 16.2. The van der Waals surface area contributed by atoms with Crippen LogP contribution in [0.1, 0.15) is 287 Å². The first-order valence-corrected chi connectivity index (χ1v) is 34.7. The maximum atomic E-state index is 12.9. The Hall–Kier alpha value is -1.94. The number of carbonyl (C=O) groups is 4. The lowest BCUT2D eigenvalue weighted by molar-refractivity contribution is -0.161. The number of ether oxygens (including phenoxy) is 4. The standard InChI is InChI=1S/C61H118O17P2/c1-9-54(8)40-32-24-17-20-26-34-42-59(64)72-48-57(78-61(66)44-36-28-19-16-23-31-39-53(6)7)50-76-80(69,70)74-46-55(62)45-73-79(67,68)75-49-56(77-60(65)43-35-27-18-15-22-30-38-52(4)5)47-71-58(63)41-33-25-14-12-10-11-13-21-29-37-51(2)3/h51-57,62H,9-50H2,1-8H3,(H,67,68)(H,69,70)/t54?,55-,56-,57-/m1/s1. The molecule has 0 aliphatic rings. The van der Waals surface area contributed by atoms with E-state index < -0.39 is 97.5 Å². The van der Waals surface area contributed by atoms with Crippen molar-refractivity contribution in [3.05, 3.63) is 0 Å². The number of esters is 4. The van der Waals surface area contributed by atoms with Crippen LogP contribution in [-0.2, 0) is 65.4 Å². The van der Waals surface area contributed by atoms with Crippen molar-refractivity contribution in [2.24, 2.45) is 23.7 Å². The second kappa shape index (κ2) is 51.5. The third-order valence-corrected chi connectivity index (χ3v) is 16.1. The average Bonchev–Trinajstić information content (AvgIpc) is 3.40. The van der Waals surface area contributed by atoms with E-state index in [4.69, 9.17) is 37.0 Å². The largest absolute Gasteiger partial charge is 0.472 e. The molecule has 0 spiro atoms. The summed E-state index contributed by atoms with van der Waals surface area (Å²) < 4.78 is 67.8. The van der Waals surface area contributed by atoms with Crippen molar-refractivity contribution in [2.45, 2.75) is 305 Å². The maximum Gasteiger partial charge on any atom is 0.472 e. The molecule has 0 aliphatic carbocycles. The number of aliphatic hydroxyl groups excluding tert-OH is 1. The van der Waals surface area contributed by atoms with Crippen molar-refractivity contribution in [2.75, 3.05) is 39.6 Å². The van der Waals surface area contributed by atoms with Crippen molar-refractivity contribution in [3.63, 3.8) is 0 Å². The number of phosphoric ester groups is 2. The van der Waals surface area contributed by atoms with Gasteiger partial charge in [-0.2, -0.15) is 0 Å². The van der Waals surface area contributed by atoms with E-state index in [9.17, 15) is 43.2 Å². The number of carbonyl (C=O) groups excluding carboxylic acids is 4. The van der Waals surface area contributed by atoms with Crippen LogP contribution < -0.4 is 0 Å². The van der Waals surface area contributed by atoms with Gasteiger partial charge in [-0.25, -0.2) is 9.13 Å². The van der Waals surface area contributed by atoms with E-state index in [2.05, 4.69) is 55.4 Å². The van der Waals surface area contributed by atoms with Crippen LogP contribution in [0.4, 0.5) is 0 Å². The molecule has 3 N–H and O–H groups in total. The fourth-order valence-electron chi connectivity index (χ4n) is 8.87. The third-order valence-electron chi connectivity index (χ3n) is 14.2. The van der Waals surface area contributed by atoms with Crippen LogP contribution in [0.3, 0.4) is 0 Å². The summed E-state index contributed by atoms with van der Waals surface area (Å²) >= 11 is 0. The van der Waals surface area contributed by atoms with Crippen molar-refractivity contribution < 1.29 is 80.2 Å². The number of phosphoric acid groups is 2. The van der Waals surface area contributed by atoms with Crippen molar-refractivity contribution in [1.29, 1.82) is 0 Å². The Morgan fingerprint density at radius 2 is 0.600 bits per heavy atom. The van der Waals surface area contributed by atoms with Gasteiger partial charge in [0.05, 0.1) is 26.4 Å². The molecule has 0 heterocycles. The summed E-state index contributed by atoms with van der Waals surface area (Å²) in [5.41, 5.74) is 0. The molecule has 0 aromatic carbocycles. The molecule has 0 amide bonds. The lowest BCUT2D eigenvalue weighted by Gasteiger charge is -2.21. The molecule has 0 aliphatic heterocycles. The van der Waals surface area contributed by atoms with Crippen molar-refractivity contribution in [3.8, 4) is 0 Å². The van der Waals surface area contributed by atoms with Gasteiger partial charge in [0.15, 0.2) is 12.2 Å². The van der Waals surface area contributed by atoms with Crippen LogP contribution in [0.2, 0.25) is 0 Å². The molecule has 6 atom stereocenters. The van der Waals surface area contributed by atoms with Crippen molar-refractivity contribution in [1.82, 2.24) is 0 Å². The normalized spacial score (nSPS) is 14.9. The molecule has 19 heteroatoms. The molecular formula is C61H118O17P2. The third kappa shape index (κ3) is 54.0. The monoisotopic (exact) mass is 1180 g/mol. The summed E-state index contributed by atoms with van der Waals surface area (Å²) in [6.45, 7) is 13.8. The molecule has 474 valence electrons. The Morgan fingerprint density at radius 3 is 0.887 bits per heavy atom. The Bertz CT molecular complexity index is 1610. The van der Waals surface area contributed by atoms with E-state index in [0.717, 1.165) is 108 Å². The smallest absolute Gasteiger partial charge is 0.462 e. The number of hydrogen-bond donors (Lipinski definition) is 3. The van der Waals surface area contributed by atoms with Crippen LogP contribution in [-0.4, -0.2) is 96.7 Å². The minimum absolute atomic E-state index is 0.100. The highest BCUT2D eigenvalue weighted by Gasteiger charge is 2.30. The average molecular weight is 1190 g/mol. The molecule has 0 aromatic rings. The van der Waals surface area contributed by atoms with Gasteiger partial charge in [-0.15, -0.1) is 0 Å². The van der Waals surface area contributed by atoms with Gasteiger partial charge >= 0.3 is 39.5 Å².